The van der Waals surface area contributed by atoms with Gasteiger partial charge in [0.25, 0.3) is 0 Å². The fourth-order valence-electron chi connectivity index (χ4n) is 2.59. The molecule has 1 aliphatic carbocycles. The van der Waals surface area contributed by atoms with Crippen molar-refractivity contribution in [3.8, 4) is 0 Å². The van der Waals surface area contributed by atoms with Crippen LogP contribution in [0.5, 0.6) is 0 Å². The van der Waals surface area contributed by atoms with Gasteiger partial charge >= 0.3 is 0 Å². The summed E-state index contributed by atoms with van der Waals surface area (Å²) >= 11 is 4.95. The fraction of sp³-hybridized carbons (Fsp3) is 0.267. The van der Waals surface area contributed by atoms with E-state index in [4.69, 9.17) is 18.0 Å². The fourth-order valence-corrected chi connectivity index (χ4v) is 3.32. The minimum atomic E-state index is -3.55. The summed E-state index contributed by atoms with van der Waals surface area (Å²) in [6, 6.07) is 4.30. The van der Waals surface area contributed by atoms with E-state index in [1.165, 1.54) is 12.1 Å². The van der Waals surface area contributed by atoms with E-state index in [1.807, 2.05) is 31.2 Å². The van der Waals surface area contributed by atoms with Gasteiger partial charge in [-0.15, -0.1) is 0 Å². The SMILES string of the molecule is CC1C=CC=CC1(NC(N)=S)c1ccc(NS(C)(=O)=O)c(F)c1. The van der Waals surface area contributed by atoms with Crippen LogP contribution >= 0.6 is 12.2 Å². The monoisotopic (exact) mass is 355 g/mol. The van der Waals surface area contributed by atoms with Crippen LogP contribution in [0.1, 0.15) is 12.5 Å². The first-order valence-corrected chi connectivity index (χ1v) is 9.15. The van der Waals surface area contributed by atoms with E-state index in [0.717, 1.165) is 6.26 Å². The van der Waals surface area contributed by atoms with Crippen molar-refractivity contribution >= 4 is 33.0 Å². The van der Waals surface area contributed by atoms with E-state index in [9.17, 15) is 12.8 Å². The summed E-state index contributed by atoms with van der Waals surface area (Å²) < 4.78 is 39.0. The molecule has 0 fully saturated rings. The normalized spacial score (nSPS) is 23.5. The Hall–Kier alpha value is -1.93. The first kappa shape index (κ1) is 17.4. The van der Waals surface area contributed by atoms with Crippen LogP contribution in [0.3, 0.4) is 0 Å². The largest absolute Gasteiger partial charge is 0.376 e. The van der Waals surface area contributed by atoms with Gasteiger partial charge in [-0.1, -0.05) is 37.3 Å². The predicted octanol–water partition coefficient (Wildman–Crippen LogP) is 1.99. The van der Waals surface area contributed by atoms with Crippen LogP contribution in [0.25, 0.3) is 0 Å². The van der Waals surface area contributed by atoms with Gasteiger partial charge < -0.3 is 11.1 Å². The van der Waals surface area contributed by atoms with Crippen LogP contribution in [0, 0.1) is 11.7 Å². The van der Waals surface area contributed by atoms with Crippen molar-refractivity contribution in [2.75, 3.05) is 11.0 Å². The molecule has 0 radical (unpaired) electrons. The van der Waals surface area contributed by atoms with E-state index < -0.39 is 21.4 Å². The second kappa shape index (κ2) is 6.29. The lowest BCUT2D eigenvalue weighted by Crippen LogP contribution is -2.51. The number of sulfonamides is 1. The molecule has 2 unspecified atom stereocenters. The molecule has 4 N–H and O–H groups in total. The Morgan fingerprint density at radius 2 is 2.09 bits per heavy atom. The Morgan fingerprint density at radius 1 is 1.39 bits per heavy atom. The number of rotatable bonds is 4. The number of nitrogens with two attached hydrogens (primary N) is 1. The molecule has 1 aromatic carbocycles. The van der Waals surface area contributed by atoms with Gasteiger partial charge in [-0.2, -0.15) is 0 Å². The highest BCUT2D eigenvalue weighted by atomic mass is 32.2. The molecule has 0 spiro atoms. The Labute approximate surface area is 140 Å². The third-order valence-electron chi connectivity index (χ3n) is 3.66. The lowest BCUT2D eigenvalue weighted by Gasteiger charge is -2.38. The summed E-state index contributed by atoms with van der Waals surface area (Å²) in [4.78, 5) is 0. The molecule has 0 saturated heterocycles. The van der Waals surface area contributed by atoms with Gasteiger partial charge in [-0.3, -0.25) is 4.72 Å². The summed E-state index contributed by atoms with van der Waals surface area (Å²) in [6.07, 6.45) is 8.49. The zero-order valence-corrected chi connectivity index (χ0v) is 14.3. The zero-order chi connectivity index (χ0) is 17.3. The first-order chi connectivity index (χ1) is 10.6. The molecule has 5 nitrogen and oxygen atoms in total. The maximum atomic E-state index is 14.3. The second-order valence-electron chi connectivity index (χ2n) is 5.46. The third-order valence-corrected chi connectivity index (χ3v) is 4.35. The lowest BCUT2D eigenvalue weighted by molar-refractivity contribution is 0.386. The van der Waals surface area contributed by atoms with Crippen LogP contribution < -0.4 is 15.8 Å². The highest BCUT2D eigenvalue weighted by molar-refractivity contribution is 7.92. The highest BCUT2D eigenvalue weighted by Crippen LogP contribution is 2.36. The maximum Gasteiger partial charge on any atom is 0.229 e. The molecule has 0 heterocycles. The molecule has 2 rings (SSSR count). The van der Waals surface area contributed by atoms with Gasteiger partial charge in [0.15, 0.2) is 5.11 Å². The van der Waals surface area contributed by atoms with Crippen LogP contribution in [-0.4, -0.2) is 19.8 Å². The molecule has 1 aliphatic rings. The summed E-state index contributed by atoms with van der Waals surface area (Å²) in [5.74, 6) is -0.714. The van der Waals surface area contributed by atoms with Crippen LogP contribution in [-0.2, 0) is 15.6 Å². The summed E-state index contributed by atoms with van der Waals surface area (Å²) in [5.41, 5.74) is 5.34. The highest BCUT2D eigenvalue weighted by Gasteiger charge is 2.36. The summed E-state index contributed by atoms with van der Waals surface area (Å²) in [7, 11) is -3.55. The topological polar surface area (TPSA) is 84.2 Å². The number of allylic oxidation sites excluding steroid dienone is 2. The van der Waals surface area contributed by atoms with E-state index in [-0.39, 0.29) is 16.7 Å². The number of hydrogen-bond donors (Lipinski definition) is 3. The van der Waals surface area contributed by atoms with Crippen molar-refractivity contribution in [2.24, 2.45) is 11.7 Å². The molecule has 1 aromatic rings. The second-order valence-corrected chi connectivity index (χ2v) is 7.65. The van der Waals surface area contributed by atoms with Crippen molar-refractivity contribution in [1.29, 1.82) is 0 Å². The van der Waals surface area contributed by atoms with E-state index >= 15 is 0 Å². The van der Waals surface area contributed by atoms with Gasteiger partial charge in [0.2, 0.25) is 10.0 Å². The van der Waals surface area contributed by atoms with Gasteiger partial charge in [0.1, 0.15) is 5.82 Å². The van der Waals surface area contributed by atoms with E-state index in [0.29, 0.717) is 5.56 Å². The average molecular weight is 355 g/mol. The first-order valence-electron chi connectivity index (χ1n) is 6.85. The van der Waals surface area contributed by atoms with Gasteiger partial charge in [-0.25, -0.2) is 12.8 Å². The lowest BCUT2D eigenvalue weighted by atomic mass is 9.76. The molecule has 8 heteroatoms. The molecule has 0 bridgehead atoms. The van der Waals surface area contributed by atoms with Gasteiger partial charge in [0, 0.05) is 5.92 Å². The Balaban J connectivity index is 2.49. The maximum absolute atomic E-state index is 14.3. The molecule has 0 saturated carbocycles. The predicted molar refractivity (Wildman–Crippen MR) is 93.9 cm³/mol. The Morgan fingerprint density at radius 3 is 2.61 bits per heavy atom. The number of anilines is 1. The standard InChI is InChI=1S/C15H18FN3O2S2/c1-10-5-3-4-8-15(10,18-14(17)22)11-6-7-13(12(16)9-11)19-23(2,20)21/h3-10,19H,1-2H3,(H3,17,18,22). The van der Waals surface area contributed by atoms with Crippen molar-refractivity contribution in [2.45, 2.75) is 12.5 Å². The average Bonchev–Trinajstić information content (AvgIpc) is 2.42. The van der Waals surface area contributed by atoms with Crippen molar-refractivity contribution in [3.05, 3.63) is 53.9 Å². The molecular weight excluding hydrogens is 337 g/mol. The number of benzene rings is 1. The van der Waals surface area contributed by atoms with Crippen molar-refractivity contribution in [3.63, 3.8) is 0 Å². The van der Waals surface area contributed by atoms with E-state index in [1.54, 1.807) is 6.07 Å². The number of thiocarbonyl (C=S) groups is 1. The smallest absolute Gasteiger partial charge is 0.229 e. The quantitative estimate of drug-likeness (QED) is 0.720. The minimum Gasteiger partial charge on any atom is -0.376 e. The van der Waals surface area contributed by atoms with Crippen molar-refractivity contribution in [1.82, 2.24) is 5.32 Å². The molecule has 0 amide bonds. The van der Waals surface area contributed by atoms with E-state index in [2.05, 4.69) is 10.0 Å². The van der Waals surface area contributed by atoms with Crippen LogP contribution in [0.15, 0.2) is 42.5 Å². The minimum absolute atomic E-state index is 0.0397. The molecule has 124 valence electrons. The Bertz CT molecular complexity index is 790. The summed E-state index contributed by atoms with van der Waals surface area (Å²) in [5, 5.41) is 3.12. The molecule has 0 aromatic heterocycles. The molecular formula is C15H18FN3O2S2. The number of nitrogens with one attached hydrogen (secondary N) is 2. The number of hydrogen-bond acceptors (Lipinski definition) is 3. The molecule has 2 atom stereocenters. The zero-order valence-electron chi connectivity index (χ0n) is 12.7. The summed E-state index contributed by atoms with van der Waals surface area (Å²) in [6.45, 7) is 1.95. The van der Waals surface area contributed by atoms with Crippen molar-refractivity contribution < 1.29 is 12.8 Å². The molecule has 0 aliphatic heterocycles. The van der Waals surface area contributed by atoms with Crippen LogP contribution in [0.2, 0.25) is 0 Å². The Kier molecular flexibility index (Phi) is 4.76. The third kappa shape index (κ3) is 3.89. The van der Waals surface area contributed by atoms with Crippen LogP contribution in [0.4, 0.5) is 10.1 Å². The number of halogens is 1. The van der Waals surface area contributed by atoms with Gasteiger partial charge in [-0.05, 0) is 29.9 Å². The molecule has 23 heavy (non-hydrogen) atoms. The van der Waals surface area contributed by atoms with Gasteiger partial charge in [0.05, 0.1) is 17.5 Å².